The summed E-state index contributed by atoms with van der Waals surface area (Å²) in [6.07, 6.45) is 2.64. The molecule has 3 aromatic carbocycles. The molecule has 10 nitrogen and oxygen atoms in total. The maximum absolute atomic E-state index is 13.7. The van der Waals surface area contributed by atoms with Gasteiger partial charge in [0.2, 0.25) is 10.0 Å². The van der Waals surface area contributed by atoms with E-state index >= 15 is 0 Å². The quantitative estimate of drug-likeness (QED) is 0.255. The van der Waals surface area contributed by atoms with Crippen LogP contribution in [0.25, 0.3) is 55.6 Å². The highest BCUT2D eigenvalue weighted by atomic mass is 32.2. The molecule has 226 valence electrons. The van der Waals surface area contributed by atoms with Gasteiger partial charge in [-0.25, -0.2) is 12.8 Å². The van der Waals surface area contributed by atoms with Crippen molar-refractivity contribution in [2.75, 3.05) is 24.7 Å². The maximum Gasteiger partial charge on any atom is 0.259 e. The van der Waals surface area contributed by atoms with E-state index in [1.54, 1.807) is 49.6 Å². The minimum absolute atomic E-state index is 0.179. The van der Waals surface area contributed by atoms with Gasteiger partial charge in [-0.2, -0.15) is 5.26 Å². The fourth-order valence-electron chi connectivity index (χ4n) is 5.41. The molecule has 0 unspecified atom stereocenters. The lowest BCUT2D eigenvalue weighted by Gasteiger charge is -2.21. The summed E-state index contributed by atoms with van der Waals surface area (Å²) in [6.45, 7) is 0. The molecule has 0 spiro atoms. The van der Waals surface area contributed by atoms with Crippen molar-refractivity contribution in [1.82, 2.24) is 14.9 Å². The molecule has 6 rings (SSSR count). The number of nitriles is 1. The number of aryl methyl sites for hydroxylation is 1. The summed E-state index contributed by atoms with van der Waals surface area (Å²) < 4.78 is 48.0. The van der Waals surface area contributed by atoms with Crippen molar-refractivity contribution in [3.63, 3.8) is 0 Å². The third-order valence-electron chi connectivity index (χ3n) is 7.77. The van der Waals surface area contributed by atoms with Crippen LogP contribution >= 0.6 is 0 Å². The smallest absolute Gasteiger partial charge is 0.259 e. The molecule has 1 amide bonds. The zero-order valence-electron chi connectivity index (χ0n) is 24.6. The number of furan rings is 1. The number of pyridine rings is 1. The van der Waals surface area contributed by atoms with Gasteiger partial charge in [0.05, 0.1) is 40.4 Å². The number of aromatic amines is 1. The highest BCUT2D eigenvalue weighted by Gasteiger charge is 2.26. The molecule has 0 atom stereocenters. The second-order valence-electron chi connectivity index (χ2n) is 10.6. The number of nitrogens with zero attached hydrogens (tertiary/aromatic N) is 3. The highest BCUT2D eigenvalue weighted by Crippen LogP contribution is 2.41. The van der Waals surface area contributed by atoms with Crippen molar-refractivity contribution in [1.29, 1.82) is 5.26 Å². The lowest BCUT2D eigenvalue weighted by atomic mass is 9.98. The summed E-state index contributed by atoms with van der Waals surface area (Å²) in [5.41, 5.74) is 3.54. The molecule has 0 saturated carbocycles. The van der Waals surface area contributed by atoms with Gasteiger partial charge in [-0.3, -0.25) is 13.9 Å². The number of halogens is 1. The normalized spacial score (nSPS) is 11.6. The fourth-order valence-corrected chi connectivity index (χ4v) is 5.92. The minimum atomic E-state index is -3.78. The fraction of sp³-hybridized carbons (Fsp3) is 0.121. The zero-order valence-corrected chi connectivity index (χ0v) is 25.4. The van der Waals surface area contributed by atoms with Gasteiger partial charge in [0.25, 0.3) is 11.5 Å². The summed E-state index contributed by atoms with van der Waals surface area (Å²) in [4.78, 5) is 29.9. The average Bonchev–Trinajstić information content (AvgIpc) is 3.62. The molecule has 0 saturated heterocycles. The first-order valence-corrected chi connectivity index (χ1v) is 15.5. The van der Waals surface area contributed by atoms with Gasteiger partial charge in [-0.1, -0.05) is 6.07 Å². The summed E-state index contributed by atoms with van der Waals surface area (Å²) >= 11 is 0. The van der Waals surface area contributed by atoms with Crippen molar-refractivity contribution in [3.8, 4) is 39.8 Å². The van der Waals surface area contributed by atoms with Crippen LogP contribution in [0, 0.1) is 17.1 Å². The van der Waals surface area contributed by atoms with Gasteiger partial charge < -0.3 is 19.3 Å². The molecule has 3 heterocycles. The van der Waals surface area contributed by atoms with E-state index in [0.717, 1.165) is 10.6 Å². The molecule has 0 aliphatic carbocycles. The Bertz CT molecular complexity index is 2380. The molecule has 0 aliphatic heterocycles. The largest absolute Gasteiger partial charge is 0.455 e. The monoisotopic (exact) mass is 623 g/mol. The number of anilines is 1. The summed E-state index contributed by atoms with van der Waals surface area (Å²) in [5, 5.41) is 13.2. The van der Waals surface area contributed by atoms with E-state index in [-0.39, 0.29) is 33.7 Å². The Hall–Kier alpha value is -5.67. The van der Waals surface area contributed by atoms with Crippen LogP contribution in [0.4, 0.5) is 10.1 Å². The summed E-state index contributed by atoms with van der Waals surface area (Å²) in [6, 6.07) is 19.4. The number of fused-ring (bicyclic) bond motifs is 2. The number of benzene rings is 3. The molecule has 12 heteroatoms. The standard InChI is InChI=1S/C33H26FN5O5S/c1-36-32(40)30-25-13-23(28(39(3)45(4,42)43)15-29(25)44-31(30)18-8-10-21(34)11-9-18)20-12-24(33(41)38(2)17-20)27-14-22-19(16-35)6-5-7-26(22)37-27/h5-15,17,37H,1-4H3,(H,36,40). The van der Waals surface area contributed by atoms with Gasteiger partial charge in [0.1, 0.15) is 17.2 Å². The number of amides is 1. The van der Waals surface area contributed by atoms with Crippen LogP contribution in [0.1, 0.15) is 15.9 Å². The first-order chi connectivity index (χ1) is 21.4. The van der Waals surface area contributed by atoms with Gasteiger partial charge in [-0.05, 0) is 54.6 Å². The average molecular weight is 624 g/mol. The molecule has 0 fully saturated rings. The van der Waals surface area contributed by atoms with Crippen molar-refractivity contribution < 1.29 is 22.0 Å². The number of carbonyl (C=O) groups excluding carboxylic acids is 1. The molecule has 0 aliphatic rings. The summed E-state index contributed by atoms with van der Waals surface area (Å²) in [7, 11) is 0.673. The highest BCUT2D eigenvalue weighted by molar-refractivity contribution is 7.92. The number of rotatable bonds is 6. The molecular weight excluding hydrogens is 597 g/mol. The lowest BCUT2D eigenvalue weighted by molar-refractivity contribution is 0.0964. The molecular formula is C33H26FN5O5S. The van der Waals surface area contributed by atoms with E-state index < -0.39 is 21.7 Å². The molecule has 45 heavy (non-hydrogen) atoms. The predicted octanol–water partition coefficient (Wildman–Crippen LogP) is 5.38. The first kappa shape index (κ1) is 29.4. The number of H-pyrrole nitrogens is 1. The van der Waals surface area contributed by atoms with E-state index in [1.165, 1.54) is 49.0 Å². The van der Waals surface area contributed by atoms with E-state index in [9.17, 15) is 27.7 Å². The van der Waals surface area contributed by atoms with Crippen LogP contribution in [-0.4, -0.2) is 44.2 Å². The van der Waals surface area contributed by atoms with Crippen LogP contribution in [0.3, 0.4) is 0 Å². The van der Waals surface area contributed by atoms with Crippen LogP contribution in [0.5, 0.6) is 0 Å². The first-order valence-electron chi connectivity index (χ1n) is 13.7. The van der Waals surface area contributed by atoms with E-state index in [0.29, 0.717) is 44.2 Å². The molecule has 2 N–H and O–H groups in total. The Morgan fingerprint density at radius 1 is 1.04 bits per heavy atom. The lowest BCUT2D eigenvalue weighted by Crippen LogP contribution is -2.25. The number of sulfonamides is 1. The number of nitrogens with one attached hydrogen (secondary N) is 2. The third kappa shape index (κ3) is 5.03. The van der Waals surface area contributed by atoms with Gasteiger partial charge in [0, 0.05) is 66.4 Å². The van der Waals surface area contributed by atoms with Crippen LogP contribution in [0.2, 0.25) is 0 Å². The van der Waals surface area contributed by atoms with Crippen LogP contribution in [-0.2, 0) is 17.1 Å². The SMILES string of the molecule is CNC(=O)c1c(-c2ccc(F)cc2)oc2cc(N(C)S(C)(=O)=O)c(-c3cc(-c4cc5c(C#N)cccc5[nH]4)c(=O)n(C)c3)cc12. The predicted molar refractivity (Wildman–Crippen MR) is 171 cm³/mol. The molecule has 0 bridgehead atoms. The minimum Gasteiger partial charge on any atom is -0.455 e. The summed E-state index contributed by atoms with van der Waals surface area (Å²) in [5.74, 6) is -0.738. The second kappa shape index (κ2) is 10.8. The Morgan fingerprint density at radius 3 is 2.44 bits per heavy atom. The maximum atomic E-state index is 13.7. The molecule has 0 radical (unpaired) electrons. The van der Waals surface area contributed by atoms with E-state index in [4.69, 9.17) is 4.42 Å². The Balaban J connectivity index is 1.66. The van der Waals surface area contributed by atoms with Crippen molar-refractivity contribution in [2.24, 2.45) is 7.05 Å². The van der Waals surface area contributed by atoms with Crippen molar-refractivity contribution in [2.45, 2.75) is 0 Å². The van der Waals surface area contributed by atoms with Crippen molar-refractivity contribution in [3.05, 3.63) is 100 Å². The Labute approximate surface area is 257 Å². The Kier molecular flexibility index (Phi) is 7.06. The number of hydrogen-bond donors (Lipinski definition) is 2. The van der Waals surface area contributed by atoms with E-state index in [1.807, 2.05) is 0 Å². The van der Waals surface area contributed by atoms with Crippen molar-refractivity contribution >= 4 is 43.5 Å². The zero-order chi connectivity index (χ0) is 32.2. The third-order valence-corrected chi connectivity index (χ3v) is 8.96. The van der Waals surface area contributed by atoms with E-state index in [2.05, 4.69) is 16.4 Å². The number of aromatic nitrogens is 2. The molecule has 3 aromatic heterocycles. The number of hydrogen-bond acceptors (Lipinski definition) is 6. The number of carbonyl (C=O) groups is 1. The molecule has 6 aromatic rings. The van der Waals surface area contributed by atoms with Gasteiger partial charge in [-0.15, -0.1) is 0 Å². The van der Waals surface area contributed by atoms with Crippen LogP contribution < -0.4 is 15.2 Å². The van der Waals surface area contributed by atoms with Gasteiger partial charge in [0.15, 0.2) is 0 Å². The Morgan fingerprint density at radius 2 is 1.78 bits per heavy atom. The van der Waals surface area contributed by atoms with Gasteiger partial charge >= 0.3 is 0 Å². The second-order valence-corrected chi connectivity index (χ2v) is 12.6. The topological polar surface area (TPSA) is 141 Å². The van der Waals surface area contributed by atoms with Crippen LogP contribution in [0.15, 0.2) is 82.1 Å².